The van der Waals surface area contributed by atoms with Crippen molar-refractivity contribution in [1.29, 1.82) is 0 Å². The van der Waals surface area contributed by atoms with E-state index in [0.717, 1.165) is 45.0 Å². The highest BCUT2D eigenvalue weighted by Crippen LogP contribution is 2.30. The first-order valence-corrected chi connectivity index (χ1v) is 16.0. The summed E-state index contributed by atoms with van der Waals surface area (Å²) in [5, 5.41) is 7.82. The minimum atomic E-state index is -4.96. The molecule has 0 spiro atoms. The fourth-order valence-corrected chi connectivity index (χ4v) is 6.88. The highest BCUT2D eigenvalue weighted by molar-refractivity contribution is 5.98. The molecule has 0 radical (unpaired) electrons. The fraction of sp³-hybridized carbons (Fsp3) is 0.400. The third-order valence-electron chi connectivity index (χ3n) is 9.54. The van der Waals surface area contributed by atoms with E-state index in [1.165, 1.54) is 12.1 Å². The largest absolute Gasteiger partial charge is 0.471 e. The van der Waals surface area contributed by atoms with Gasteiger partial charge in [0.05, 0.1) is 0 Å². The van der Waals surface area contributed by atoms with E-state index in [4.69, 9.17) is 0 Å². The number of carbonyl (C=O) groups excluding carboxylic acids is 3. The molecule has 0 saturated carbocycles. The van der Waals surface area contributed by atoms with Crippen molar-refractivity contribution in [2.45, 2.75) is 69.6 Å². The maximum atomic E-state index is 14.0. The van der Waals surface area contributed by atoms with Crippen molar-refractivity contribution in [1.82, 2.24) is 20.1 Å². The second-order valence-corrected chi connectivity index (χ2v) is 12.5. The quantitative estimate of drug-likeness (QED) is 0.339. The van der Waals surface area contributed by atoms with Gasteiger partial charge in [-0.3, -0.25) is 9.59 Å². The number of rotatable bonds is 6. The lowest BCUT2D eigenvalue weighted by Crippen LogP contribution is -2.53. The van der Waals surface area contributed by atoms with E-state index in [9.17, 15) is 31.9 Å². The van der Waals surface area contributed by atoms with Crippen LogP contribution in [0.3, 0.4) is 0 Å². The third-order valence-corrected chi connectivity index (χ3v) is 9.54. The Morgan fingerprint density at radius 1 is 0.936 bits per heavy atom. The van der Waals surface area contributed by atoms with Gasteiger partial charge in [-0.15, -0.1) is 0 Å². The van der Waals surface area contributed by atoms with Gasteiger partial charge in [0.1, 0.15) is 11.9 Å². The number of carbonyl (C=O) groups is 3. The van der Waals surface area contributed by atoms with Crippen LogP contribution in [0.5, 0.6) is 0 Å². The van der Waals surface area contributed by atoms with Gasteiger partial charge in [-0.25, -0.2) is 9.18 Å². The van der Waals surface area contributed by atoms with Gasteiger partial charge in [0.2, 0.25) is 5.91 Å². The van der Waals surface area contributed by atoms with Crippen LogP contribution >= 0.6 is 0 Å². The molecule has 1 fully saturated rings. The Kier molecular flexibility index (Phi) is 9.11. The van der Waals surface area contributed by atoms with E-state index in [0.29, 0.717) is 37.2 Å². The molecule has 3 heterocycles. The summed E-state index contributed by atoms with van der Waals surface area (Å²) in [6.07, 6.45) is 4.55. The number of aromatic nitrogens is 1. The minimum Gasteiger partial charge on any atom is -0.361 e. The number of aromatic amines is 1. The summed E-state index contributed by atoms with van der Waals surface area (Å²) in [4.78, 5) is 45.2. The molecule has 3 aromatic rings. The van der Waals surface area contributed by atoms with Crippen molar-refractivity contribution in [3.05, 3.63) is 87.3 Å². The Balaban J connectivity index is 1.20. The predicted octanol–water partition coefficient (Wildman–Crippen LogP) is 4.66. The topological polar surface area (TPSA) is 97.5 Å². The van der Waals surface area contributed by atoms with E-state index in [2.05, 4.69) is 27.8 Å². The zero-order chi connectivity index (χ0) is 33.3. The van der Waals surface area contributed by atoms with Gasteiger partial charge in [-0.2, -0.15) is 13.2 Å². The molecule has 248 valence electrons. The molecular formula is C35H37F4N5O3. The highest BCUT2D eigenvalue weighted by atomic mass is 19.4. The smallest absolute Gasteiger partial charge is 0.361 e. The zero-order valence-electron chi connectivity index (χ0n) is 26.0. The van der Waals surface area contributed by atoms with Gasteiger partial charge in [0.25, 0.3) is 0 Å². The number of hydrogen-bond donors (Lipinski definition) is 3. The van der Waals surface area contributed by atoms with Crippen molar-refractivity contribution in [3.63, 3.8) is 0 Å². The van der Waals surface area contributed by atoms with Crippen LogP contribution in [0.4, 0.5) is 28.0 Å². The van der Waals surface area contributed by atoms with Crippen molar-refractivity contribution in [2.24, 2.45) is 0 Å². The SMILES string of the molecule is C[C@@H](c1c[nH]c2c1=CCCC=2)[C@@H](NC(=O)N1CCC(c2ccc(F)cc2)CC1)C(=O)Nc1ccc2c(c1)CN(C(=O)C(F)(F)F)CC2. The molecule has 2 aliphatic heterocycles. The molecule has 0 unspecified atom stereocenters. The monoisotopic (exact) mass is 651 g/mol. The Labute approximate surface area is 269 Å². The number of amides is 4. The zero-order valence-corrected chi connectivity index (χ0v) is 26.0. The molecule has 1 aromatic heterocycles. The van der Waals surface area contributed by atoms with E-state index < -0.39 is 30.0 Å². The number of fused-ring (bicyclic) bond motifs is 2. The highest BCUT2D eigenvalue weighted by Gasteiger charge is 2.43. The number of piperidine rings is 1. The van der Waals surface area contributed by atoms with Crippen molar-refractivity contribution in [3.8, 4) is 0 Å². The summed E-state index contributed by atoms with van der Waals surface area (Å²) >= 11 is 0. The molecule has 12 heteroatoms. The number of nitrogens with zero attached hydrogens (tertiary/aromatic N) is 2. The van der Waals surface area contributed by atoms with Crippen molar-refractivity contribution in [2.75, 3.05) is 25.0 Å². The lowest BCUT2D eigenvalue weighted by molar-refractivity contribution is -0.186. The van der Waals surface area contributed by atoms with Crippen LogP contribution in [0.1, 0.15) is 66.7 Å². The van der Waals surface area contributed by atoms with E-state index in [-0.39, 0.29) is 37.3 Å². The number of halogens is 4. The summed E-state index contributed by atoms with van der Waals surface area (Å²) < 4.78 is 52.7. The number of benzene rings is 2. The normalized spacial score (nSPS) is 17.8. The van der Waals surface area contributed by atoms with E-state index >= 15 is 0 Å². The van der Waals surface area contributed by atoms with Crippen LogP contribution in [-0.2, 0) is 22.6 Å². The Hall–Kier alpha value is -4.61. The maximum Gasteiger partial charge on any atom is 0.471 e. The fourth-order valence-electron chi connectivity index (χ4n) is 6.88. The molecule has 8 nitrogen and oxygen atoms in total. The lowest BCUT2D eigenvalue weighted by Gasteiger charge is -2.34. The molecule has 1 saturated heterocycles. The number of anilines is 1. The van der Waals surface area contributed by atoms with Crippen LogP contribution in [0.25, 0.3) is 12.2 Å². The summed E-state index contributed by atoms with van der Waals surface area (Å²) in [5.41, 5.74) is 3.60. The Morgan fingerprint density at radius 2 is 1.66 bits per heavy atom. The molecule has 1 aliphatic carbocycles. The summed E-state index contributed by atoms with van der Waals surface area (Å²) in [6.45, 7) is 2.56. The second-order valence-electron chi connectivity index (χ2n) is 12.5. The molecule has 2 atom stereocenters. The number of hydrogen-bond acceptors (Lipinski definition) is 3. The van der Waals surface area contributed by atoms with Crippen molar-refractivity contribution < 1.29 is 31.9 Å². The molecule has 3 aliphatic rings. The summed E-state index contributed by atoms with van der Waals surface area (Å²) in [6, 6.07) is 10.1. The minimum absolute atomic E-state index is 0.0424. The Bertz CT molecular complexity index is 1780. The van der Waals surface area contributed by atoms with E-state index in [1.807, 2.05) is 13.1 Å². The number of H-pyrrole nitrogens is 1. The van der Waals surface area contributed by atoms with Gasteiger partial charge >= 0.3 is 18.1 Å². The predicted molar refractivity (Wildman–Crippen MR) is 169 cm³/mol. The second kappa shape index (κ2) is 13.2. The molecule has 2 aromatic carbocycles. The molecule has 3 N–H and O–H groups in total. The lowest BCUT2D eigenvalue weighted by atomic mass is 9.89. The first kappa shape index (κ1) is 32.3. The summed E-state index contributed by atoms with van der Waals surface area (Å²) in [5.74, 6) is -2.89. The van der Waals surface area contributed by atoms with Crippen LogP contribution in [0.15, 0.2) is 48.7 Å². The summed E-state index contributed by atoms with van der Waals surface area (Å²) in [7, 11) is 0. The van der Waals surface area contributed by atoms with Crippen LogP contribution in [0.2, 0.25) is 0 Å². The molecule has 0 bridgehead atoms. The average molecular weight is 652 g/mol. The number of likely N-dealkylation sites (tertiary alicyclic amines) is 1. The average Bonchev–Trinajstić information content (AvgIpc) is 3.50. The van der Waals surface area contributed by atoms with Gasteiger partial charge in [-0.1, -0.05) is 37.3 Å². The molecule has 6 rings (SSSR count). The van der Waals surface area contributed by atoms with Crippen LogP contribution < -0.4 is 21.2 Å². The molecule has 4 amide bonds. The third kappa shape index (κ3) is 7.06. The van der Waals surface area contributed by atoms with E-state index in [1.54, 1.807) is 35.2 Å². The van der Waals surface area contributed by atoms with Gasteiger partial charge < -0.3 is 25.4 Å². The molecular weight excluding hydrogens is 614 g/mol. The first-order valence-electron chi connectivity index (χ1n) is 16.0. The van der Waals surface area contributed by atoms with Gasteiger partial charge in [0, 0.05) is 49.3 Å². The first-order chi connectivity index (χ1) is 22.5. The Morgan fingerprint density at radius 3 is 2.38 bits per heavy atom. The standard InChI is InChI=1S/C35H37F4N5O3/c1-21(29-19-40-30-5-3-2-4-28(29)30)31(42-34(47)43-15-12-24(13-16-43)22-6-9-26(36)10-7-22)32(45)41-27-11-8-23-14-17-44(20-25(23)18-27)33(46)35(37,38)39/h4-11,18-19,21,24,31,40H,2-3,12-17,20H2,1H3,(H,41,45)(H,42,47)/t21-,31+/m0/s1. The number of urea groups is 1. The van der Waals surface area contributed by atoms with Gasteiger partial charge in [0.15, 0.2) is 0 Å². The number of nitrogens with one attached hydrogen (secondary N) is 3. The maximum absolute atomic E-state index is 14.0. The van der Waals surface area contributed by atoms with Gasteiger partial charge in [-0.05, 0) is 89.8 Å². The van der Waals surface area contributed by atoms with Crippen molar-refractivity contribution >= 4 is 35.7 Å². The molecule has 47 heavy (non-hydrogen) atoms. The van der Waals surface area contributed by atoms with Crippen LogP contribution in [-0.4, -0.2) is 64.5 Å². The van der Waals surface area contributed by atoms with Crippen LogP contribution in [0, 0.1) is 5.82 Å². The number of alkyl halides is 3.